The van der Waals surface area contributed by atoms with Crippen LogP contribution in [0.4, 0.5) is 11.4 Å². The van der Waals surface area contributed by atoms with Crippen LogP contribution in [0.1, 0.15) is 10.4 Å². The van der Waals surface area contributed by atoms with Crippen molar-refractivity contribution in [3.63, 3.8) is 0 Å². The Kier molecular flexibility index (Phi) is 3.25. The Bertz CT molecular complexity index is 533. The summed E-state index contributed by atoms with van der Waals surface area (Å²) in [6.07, 6.45) is 0. The highest BCUT2D eigenvalue weighted by Gasteiger charge is 1.93. The summed E-state index contributed by atoms with van der Waals surface area (Å²) >= 11 is 0. The molecule has 0 unspecified atom stereocenters. The Labute approximate surface area is 98.3 Å². The van der Waals surface area contributed by atoms with Gasteiger partial charge >= 0.3 is 0 Å². The lowest BCUT2D eigenvalue weighted by Crippen LogP contribution is -2.21. The Morgan fingerprint density at radius 2 is 1.35 bits per heavy atom. The van der Waals surface area contributed by atoms with Gasteiger partial charge in [-0.25, -0.2) is 0 Å². The second-order valence-corrected chi connectivity index (χ2v) is 3.37. The quantitative estimate of drug-likeness (QED) is 0.753. The smallest absolute Gasteiger partial charge is 0.0857 e. The molecule has 84 valence electrons. The molecule has 0 saturated heterocycles. The minimum Gasteiger partial charge on any atom is -0.545 e. The van der Waals surface area contributed by atoms with Crippen molar-refractivity contribution in [1.29, 1.82) is 0 Å². The molecule has 0 radical (unpaired) electrons. The van der Waals surface area contributed by atoms with Crippen LogP contribution >= 0.6 is 0 Å². The maximum Gasteiger partial charge on any atom is 0.0857 e. The maximum absolute atomic E-state index is 10.5. The number of benzene rings is 2. The van der Waals surface area contributed by atoms with E-state index in [4.69, 9.17) is 0 Å². The molecule has 4 heteroatoms. The summed E-state index contributed by atoms with van der Waals surface area (Å²) in [6.45, 7) is 0. The highest BCUT2D eigenvalue weighted by Crippen LogP contribution is 2.17. The standard InChI is InChI=1S/C13H10N2O2/c16-13(17)10-6-8-12(9-7-10)15-14-11-4-2-1-3-5-11/h1-9H,(H,16,17)/p-1. The van der Waals surface area contributed by atoms with Crippen molar-refractivity contribution < 1.29 is 9.90 Å². The molecule has 0 aliphatic heterocycles. The third-order valence-corrected chi connectivity index (χ3v) is 2.14. The van der Waals surface area contributed by atoms with Gasteiger partial charge in [0.25, 0.3) is 0 Å². The van der Waals surface area contributed by atoms with Gasteiger partial charge in [0.15, 0.2) is 0 Å². The minimum atomic E-state index is -1.20. The first-order valence-electron chi connectivity index (χ1n) is 5.04. The minimum absolute atomic E-state index is 0.128. The van der Waals surface area contributed by atoms with Gasteiger partial charge in [-0.2, -0.15) is 10.2 Å². The molecule has 0 amide bonds. The van der Waals surface area contributed by atoms with Gasteiger partial charge in [-0.1, -0.05) is 30.3 Å². The number of hydrogen-bond donors (Lipinski definition) is 0. The predicted molar refractivity (Wildman–Crippen MR) is 61.4 cm³/mol. The van der Waals surface area contributed by atoms with Crippen LogP contribution in [0.25, 0.3) is 0 Å². The lowest BCUT2D eigenvalue weighted by atomic mass is 10.2. The van der Waals surface area contributed by atoms with Gasteiger partial charge in [0.2, 0.25) is 0 Å². The number of carbonyl (C=O) groups excluding carboxylic acids is 1. The first-order valence-corrected chi connectivity index (χ1v) is 5.04. The molecule has 2 aromatic carbocycles. The third-order valence-electron chi connectivity index (χ3n) is 2.14. The Morgan fingerprint density at radius 3 is 1.88 bits per heavy atom. The summed E-state index contributed by atoms with van der Waals surface area (Å²) in [5.41, 5.74) is 1.47. The van der Waals surface area contributed by atoms with E-state index in [2.05, 4.69) is 10.2 Å². The van der Waals surface area contributed by atoms with E-state index < -0.39 is 5.97 Å². The third kappa shape index (κ3) is 2.98. The molecule has 0 heterocycles. The molecule has 0 aliphatic rings. The van der Waals surface area contributed by atoms with Gasteiger partial charge in [-0.05, 0) is 29.8 Å². The lowest BCUT2D eigenvalue weighted by molar-refractivity contribution is -0.255. The SMILES string of the molecule is O=C([O-])c1ccc(N=Nc2ccccc2)cc1. The Morgan fingerprint density at radius 1 is 0.824 bits per heavy atom. The molecule has 4 nitrogen and oxygen atoms in total. The fourth-order valence-electron chi connectivity index (χ4n) is 1.27. The average Bonchev–Trinajstić information content (AvgIpc) is 2.38. The Hall–Kier alpha value is -2.49. The topological polar surface area (TPSA) is 64.8 Å². The second kappa shape index (κ2) is 5.03. The van der Waals surface area contributed by atoms with E-state index in [1.54, 1.807) is 12.1 Å². The summed E-state index contributed by atoms with van der Waals surface area (Å²) in [4.78, 5) is 10.5. The van der Waals surface area contributed by atoms with E-state index in [0.29, 0.717) is 5.69 Å². The van der Waals surface area contributed by atoms with E-state index in [1.807, 2.05) is 30.3 Å². The highest BCUT2D eigenvalue weighted by molar-refractivity contribution is 5.86. The van der Waals surface area contributed by atoms with E-state index in [0.717, 1.165) is 5.69 Å². The molecule has 2 aromatic rings. The predicted octanol–water partition coefficient (Wildman–Crippen LogP) is 2.47. The van der Waals surface area contributed by atoms with Crippen LogP contribution in [0.5, 0.6) is 0 Å². The van der Waals surface area contributed by atoms with Crippen molar-refractivity contribution in [3.8, 4) is 0 Å². The first-order chi connectivity index (χ1) is 8.25. The highest BCUT2D eigenvalue weighted by atomic mass is 16.4. The molecule has 0 fully saturated rings. The fraction of sp³-hybridized carbons (Fsp3) is 0. The molecule has 0 spiro atoms. The normalized spacial score (nSPS) is 10.6. The zero-order chi connectivity index (χ0) is 12.1. The summed E-state index contributed by atoms with van der Waals surface area (Å²) in [5.74, 6) is -1.20. The fourth-order valence-corrected chi connectivity index (χ4v) is 1.27. The summed E-state index contributed by atoms with van der Waals surface area (Å²) in [7, 11) is 0. The summed E-state index contributed by atoms with van der Waals surface area (Å²) in [5, 5.41) is 18.5. The van der Waals surface area contributed by atoms with Crippen molar-refractivity contribution in [2.45, 2.75) is 0 Å². The monoisotopic (exact) mass is 225 g/mol. The van der Waals surface area contributed by atoms with Crippen LogP contribution in [-0.4, -0.2) is 5.97 Å². The van der Waals surface area contributed by atoms with Crippen LogP contribution in [0, 0.1) is 0 Å². The Balaban J connectivity index is 2.14. The molecule has 0 atom stereocenters. The van der Waals surface area contributed by atoms with Gasteiger partial charge in [0, 0.05) is 0 Å². The second-order valence-electron chi connectivity index (χ2n) is 3.37. The van der Waals surface area contributed by atoms with E-state index in [9.17, 15) is 9.90 Å². The van der Waals surface area contributed by atoms with Gasteiger partial charge in [-0.3, -0.25) is 0 Å². The van der Waals surface area contributed by atoms with Gasteiger partial charge in [-0.15, -0.1) is 0 Å². The van der Waals surface area contributed by atoms with Crippen molar-refractivity contribution in [1.82, 2.24) is 0 Å². The number of rotatable bonds is 3. The van der Waals surface area contributed by atoms with Crippen molar-refractivity contribution in [3.05, 3.63) is 60.2 Å². The largest absolute Gasteiger partial charge is 0.545 e. The van der Waals surface area contributed by atoms with Crippen molar-refractivity contribution >= 4 is 17.3 Å². The zero-order valence-corrected chi connectivity index (χ0v) is 8.91. The molecule has 0 N–H and O–H groups in total. The molecule has 0 aromatic heterocycles. The molecular weight excluding hydrogens is 216 g/mol. The number of aromatic carboxylic acids is 1. The van der Waals surface area contributed by atoms with E-state index in [1.165, 1.54) is 12.1 Å². The lowest BCUT2D eigenvalue weighted by Gasteiger charge is -2.00. The summed E-state index contributed by atoms with van der Waals surface area (Å²) in [6, 6.07) is 15.3. The zero-order valence-electron chi connectivity index (χ0n) is 8.91. The van der Waals surface area contributed by atoms with Gasteiger partial charge in [0.1, 0.15) is 0 Å². The number of nitrogens with zero attached hydrogens (tertiary/aromatic N) is 2. The first kappa shape index (κ1) is 11.0. The molecule has 0 aliphatic carbocycles. The number of carboxylic acids is 1. The number of carboxylic acid groups (broad SMARTS) is 1. The number of azo groups is 1. The molecule has 0 saturated carbocycles. The van der Waals surface area contributed by atoms with Crippen LogP contribution in [-0.2, 0) is 0 Å². The molecular formula is C13H9N2O2-. The van der Waals surface area contributed by atoms with Crippen LogP contribution in [0.3, 0.4) is 0 Å². The van der Waals surface area contributed by atoms with E-state index >= 15 is 0 Å². The summed E-state index contributed by atoms with van der Waals surface area (Å²) < 4.78 is 0. The maximum atomic E-state index is 10.5. The van der Waals surface area contributed by atoms with Crippen molar-refractivity contribution in [2.24, 2.45) is 10.2 Å². The average molecular weight is 225 g/mol. The van der Waals surface area contributed by atoms with Gasteiger partial charge < -0.3 is 9.90 Å². The molecule has 0 bridgehead atoms. The molecule has 2 rings (SSSR count). The van der Waals surface area contributed by atoms with Crippen LogP contribution in [0.15, 0.2) is 64.8 Å². The van der Waals surface area contributed by atoms with Gasteiger partial charge in [0.05, 0.1) is 17.3 Å². The number of hydrogen-bond acceptors (Lipinski definition) is 4. The van der Waals surface area contributed by atoms with Crippen molar-refractivity contribution in [2.75, 3.05) is 0 Å². The number of carbonyl (C=O) groups is 1. The van der Waals surface area contributed by atoms with Crippen LogP contribution in [0.2, 0.25) is 0 Å². The van der Waals surface area contributed by atoms with Crippen LogP contribution < -0.4 is 5.11 Å². The van der Waals surface area contributed by atoms with E-state index in [-0.39, 0.29) is 5.56 Å². The molecule has 17 heavy (non-hydrogen) atoms.